The van der Waals surface area contributed by atoms with E-state index in [9.17, 15) is 17.6 Å². The molecule has 0 aliphatic heterocycles. The molecule has 0 saturated carbocycles. The van der Waals surface area contributed by atoms with Crippen molar-refractivity contribution in [3.05, 3.63) is 60.0 Å². The molecule has 0 unspecified atom stereocenters. The predicted molar refractivity (Wildman–Crippen MR) is 74.1 cm³/mol. The number of halogens is 1. The number of hydrogen-bond donors (Lipinski definition) is 0. The molecule has 3 rings (SSSR count). The normalized spacial score (nSPS) is 11.7. The van der Waals surface area contributed by atoms with E-state index >= 15 is 0 Å². The van der Waals surface area contributed by atoms with Gasteiger partial charge in [0.2, 0.25) is 5.95 Å². The van der Waals surface area contributed by atoms with Crippen LogP contribution in [0, 0.1) is 5.95 Å². The Balaban J connectivity index is 2.29. The number of carbonyl (C=O) groups excluding carboxylic acids is 1. The van der Waals surface area contributed by atoms with Crippen LogP contribution in [-0.2, 0) is 10.0 Å². The Morgan fingerprint density at radius 2 is 1.81 bits per heavy atom. The minimum atomic E-state index is -3.99. The molecule has 2 aromatic carbocycles. The van der Waals surface area contributed by atoms with Crippen molar-refractivity contribution in [1.29, 1.82) is 0 Å². The van der Waals surface area contributed by atoms with Gasteiger partial charge in [0.25, 0.3) is 10.0 Å². The van der Waals surface area contributed by atoms with E-state index in [2.05, 4.69) is 5.10 Å². The smallest absolute Gasteiger partial charge is 0.283 e. The molecule has 0 N–H and O–H groups in total. The van der Waals surface area contributed by atoms with Crippen LogP contribution in [0.4, 0.5) is 4.39 Å². The van der Waals surface area contributed by atoms with Gasteiger partial charge >= 0.3 is 0 Å². The van der Waals surface area contributed by atoms with Gasteiger partial charge in [0, 0.05) is 5.56 Å². The second-order valence-electron chi connectivity index (χ2n) is 4.35. The number of benzene rings is 2. The van der Waals surface area contributed by atoms with Crippen LogP contribution >= 0.6 is 0 Å². The second-order valence-corrected chi connectivity index (χ2v) is 6.11. The highest BCUT2D eigenvalue weighted by molar-refractivity contribution is 7.90. The topological polar surface area (TPSA) is 69.0 Å². The predicted octanol–water partition coefficient (Wildman–Crippen LogP) is 2.22. The molecule has 1 aromatic heterocycles. The summed E-state index contributed by atoms with van der Waals surface area (Å²) in [6.07, 6.45) is 0.557. The van der Waals surface area contributed by atoms with Gasteiger partial charge in [0.05, 0.1) is 15.8 Å². The summed E-state index contributed by atoms with van der Waals surface area (Å²) in [7, 11) is -3.99. The molecule has 0 radical (unpaired) electrons. The van der Waals surface area contributed by atoms with Gasteiger partial charge in [-0.15, -0.1) is 5.10 Å². The summed E-state index contributed by atoms with van der Waals surface area (Å²) in [4.78, 5) is 10.7. The van der Waals surface area contributed by atoms with Gasteiger partial charge in [-0.1, -0.05) is 18.2 Å². The molecule has 0 bridgehead atoms. The fraction of sp³-hybridized carbons (Fsp3) is 0. The van der Waals surface area contributed by atoms with E-state index in [0.717, 1.165) is 0 Å². The van der Waals surface area contributed by atoms with Crippen molar-refractivity contribution in [2.24, 2.45) is 0 Å². The van der Waals surface area contributed by atoms with E-state index < -0.39 is 16.0 Å². The Bertz CT molecular complexity index is 934. The minimum Gasteiger partial charge on any atom is -0.298 e. The fourth-order valence-electron chi connectivity index (χ4n) is 2.02. The second kappa shape index (κ2) is 4.78. The highest BCUT2D eigenvalue weighted by Crippen LogP contribution is 2.23. The third-order valence-electron chi connectivity index (χ3n) is 3.03. The van der Waals surface area contributed by atoms with Crippen LogP contribution in [0.2, 0.25) is 0 Å². The lowest BCUT2D eigenvalue weighted by molar-refractivity contribution is 0.112. The van der Waals surface area contributed by atoms with Crippen molar-refractivity contribution in [2.75, 3.05) is 0 Å². The van der Waals surface area contributed by atoms with Crippen LogP contribution in [-0.4, -0.2) is 23.9 Å². The number of fused-ring (bicyclic) bond motifs is 1. The quantitative estimate of drug-likeness (QED) is 0.696. The first-order valence-electron chi connectivity index (χ1n) is 5.98. The molecule has 0 aliphatic rings. The maximum atomic E-state index is 13.9. The summed E-state index contributed by atoms with van der Waals surface area (Å²) >= 11 is 0. The van der Waals surface area contributed by atoms with E-state index in [1.807, 2.05) is 0 Å². The highest BCUT2D eigenvalue weighted by atomic mass is 32.2. The SMILES string of the molecule is O=Cc1ccc2c(c1)c(F)nn2S(=O)(=O)c1ccccc1. The third-order valence-corrected chi connectivity index (χ3v) is 4.63. The highest BCUT2D eigenvalue weighted by Gasteiger charge is 2.22. The lowest BCUT2D eigenvalue weighted by atomic mass is 10.2. The number of nitrogens with zero attached hydrogens (tertiary/aromatic N) is 2. The fourth-order valence-corrected chi connectivity index (χ4v) is 3.32. The van der Waals surface area contributed by atoms with Gasteiger partial charge in [0.1, 0.15) is 6.29 Å². The van der Waals surface area contributed by atoms with Crippen molar-refractivity contribution >= 4 is 27.2 Å². The average molecular weight is 304 g/mol. The molecule has 0 aliphatic carbocycles. The molecule has 5 nitrogen and oxygen atoms in total. The summed E-state index contributed by atoms with van der Waals surface area (Å²) in [5.41, 5.74) is 0.333. The van der Waals surface area contributed by atoms with Crippen LogP contribution < -0.4 is 0 Å². The van der Waals surface area contributed by atoms with Gasteiger partial charge in [-0.2, -0.15) is 16.9 Å². The first kappa shape index (κ1) is 13.4. The first-order chi connectivity index (χ1) is 10.0. The zero-order valence-electron chi connectivity index (χ0n) is 10.6. The molecular formula is C14H9FN2O3S. The molecule has 7 heteroatoms. The van der Waals surface area contributed by atoms with E-state index in [4.69, 9.17) is 0 Å². The van der Waals surface area contributed by atoms with Gasteiger partial charge < -0.3 is 0 Å². The summed E-state index contributed by atoms with van der Waals surface area (Å²) in [5.74, 6) is -0.937. The number of rotatable bonds is 3. The van der Waals surface area contributed by atoms with Crippen molar-refractivity contribution in [2.45, 2.75) is 4.90 Å². The largest absolute Gasteiger partial charge is 0.298 e. The monoisotopic (exact) mass is 304 g/mol. The lowest BCUT2D eigenvalue weighted by Crippen LogP contribution is -2.14. The molecule has 0 saturated heterocycles. The molecule has 1 heterocycles. The van der Waals surface area contributed by atoms with Gasteiger partial charge in [-0.3, -0.25) is 4.79 Å². The number of aromatic nitrogens is 2. The van der Waals surface area contributed by atoms with E-state index in [0.29, 0.717) is 10.4 Å². The Hall–Kier alpha value is -2.54. The van der Waals surface area contributed by atoms with Crippen LogP contribution in [0.1, 0.15) is 10.4 Å². The Labute approximate surface area is 119 Å². The summed E-state index contributed by atoms with van der Waals surface area (Å²) in [6, 6.07) is 11.7. The maximum absolute atomic E-state index is 13.9. The van der Waals surface area contributed by atoms with Gasteiger partial charge in [0.15, 0.2) is 0 Å². The lowest BCUT2D eigenvalue weighted by Gasteiger charge is -2.05. The van der Waals surface area contributed by atoms with Crippen LogP contribution in [0.25, 0.3) is 10.9 Å². The molecule has 0 atom stereocenters. The number of carbonyl (C=O) groups is 1. The van der Waals surface area contributed by atoms with E-state index in [-0.39, 0.29) is 21.4 Å². The maximum Gasteiger partial charge on any atom is 0.283 e. The standard InChI is InChI=1S/C14H9FN2O3S/c15-14-12-8-10(9-18)6-7-13(12)17(16-14)21(19,20)11-4-2-1-3-5-11/h1-9H. The molecule has 0 fully saturated rings. The van der Waals surface area contributed by atoms with Gasteiger partial charge in [-0.25, -0.2) is 0 Å². The zero-order chi connectivity index (χ0) is 15.0. The zero-order valence-corrected chi connectivity index (χ0v) is 11.4. The van der Waals surface area contributed by atoms with Crippen LogP contribution in [0.5, 0.6) is 0 Å². The van der Waals surface area contributed by atoms with Gasteiger partial charge in [-0.05, 0) is 30.3 Å². The number of aldehydes is 1. The third kappa shape index (κ3) is 2.11. The van der Waals surface area contributed by atoms with Crippen molar-refractivity contribution in [3.8, 4) is 0 Å². The molecule has 21 heavy (non-hydrogen) atoms. The Kier molecular flexibility index (Phi) is 3.06. The molecule has 0 spiro atoms. The summed E-state index contributed by atoms with van der Waals surface area (Å²) in [5, 5.41) is 3.44. The van der Waals surface area contributed by atoms with E-state index in [1.165, 1.54) is 30.3 Å². The molecule has 106 valence electrons. The molecule has 3 aromatic rings. The Morgan fingerprint density at radius 1 is 1.10 bits per heavy atom. The van der Waals surface area contributed by atoms with Crippen molar-refractivity contribution < 1.29 is 17.6 Å². The van der Waals surface area contributed by atoms with Crippen molar-refractivity contribution in [3.63, 3.8) is 0 Å². The van der Waals surface area contributed by atoms with Crippen LogP contribution in [0.3, 0.4) is 0 Å². The Morgan fingerprint density at radius 3 is 2.48 bits per heavy atom. The minimum absolute atomic E-state index is 0.00821. The molecular weight excluding hydrogens is 295 g/mol. The van der Waals surface area contributed by atoms with Crippen molar-refractivity contribution in [1.82, 2.24) is 9.19 Å². The molecule has 0 amide bonds. The summed E-state index contributed by atoms with van der Waals surface area (Å²) in [6.45, 7) is 0. The first-order valence-corrected chi connectivity index (χ1v) is 7.42. The van der Waals surface area contributed by atoms with Crippen LogP contribution in [0.15, 0.2) is 53.4 Å². The average Bonchev–Trinajstić information content (AvgIpc) is 2.85. The van der Waals surface area contributed by atoms with E-state index in [1.54, 1.807) is 18.2 Å². The number of hydrogen-bond acceptors (Lipinski definition) is 4. The summed E-state index contributed by atoms with van der Waals surface area (Å²) < 4.78 is 39.5.